The third-order valence-electron chi connectivity index (χ3n) is 4.33. The normalized spacial score (nSPS) is 17.3. The molecule has 1 atom stereocenters. The molecule has 0 saturated carbocycles. The smallest absolute Gasteiger partial charge is 0.321 e. The number of primary amides is 1. The topological polar surface area (TPSA) is 114 Å². The van der Waals surface area contributed by atoms with E-state index in [1.54, 1.807) is 11.0 Å². The number of carbonyl (C=O) groups excluding carboxylic acids is 2. The molecule has 0 radical (unpaired) electrons. The number of anilines is 1. The van der Waals surface area contributed by atoms with Crippen molar-refractivity contribution in [3.8, 4) is 11.5 Å². The van der Waals surface area contributed by atoms with Crippen molar-refractivity contribution in [1.29, 1.82) is 0 Å². The van der Waals surface area contributed by atoms with Gasteiger partial charge in [0, 0.05) is 30.8 Å². The molecule has 8 heteroatoms. The summed E-state index contributed by atoms with van der Waals surface area (Å²) in [5.41, 5.74) is 6.62. The predicted molar refractivity (Wildman–Crippen MR) is 91.5 cm³/mol. The van der Waals surface area contributed by atoms with Crippen LogP contribution in [0.5, 0.6) is 0 Å². The van der Waals surface area contributed by atoms with Crippen LogP contribution in [-0.2, 0) is 4.79 Å². The van der Waals surface area contributed by atoms with Crippen LogP contribution >= 0.6 is 0 Å². The number of aromatic nitrogens is 2. The van der Waals surface area contributed by atoms with Gasteiger partial charge in [0.1, 0.15) is 0 Å². The van der Waals surface area contributed by atoms with E-state index in [-0.39, 0.29) is 11.9 Å². The summed E-state index contributed by atoms with van der Waals surface area (Å²) in [5, 5.41) is 10.4. The third kappa shape index (κ3) is 4.56. The van der Waals surface area contributed by atoms with Crippen molar-refractivity contribution < 1.29 is 14.0 Å². The van der Waals surface area contributed by atoms with Crippen molar-refractivity contribution in [2.45, 2.75) is 25.7 Å². The highest BCUT2D eigenvalue weighted by atomic mass is 16.4. The summed E-state index contributed by atoms with van der Waals surface area (Å²) in [6, 6.07) is 7.11. The molecule has 0 bridgehead atoms. The highest BCUT2D eigenvalue weighted by Gasteiger charge is 2.24. The van der Waals surface area contributed by atoms with E-state index in [1.807, 2.05) is 18.2 Å². The van der Waals surface area contributed by atoms with Crippen molar-refractivity contribution in [3.05, 3.63) is 30.7 Å². The second-order valence-electron chi connectivity index (χ2n) is 6.21. The fourth-order valence-corrected chi connectivity index (χ4v) is 3.06. The first-order valence-corrected chi connectivity index (χ1v) is 8.32. The number of nitrogens with two attached hydrogens (primary N) is 1. The third-order valence-corrected chi connectivity index (χ3v) is 4.33. The number of nitrogens with one attached hydrogen (secondary N) is 1. The number of amides is 3. The molecule has 25 heavy (non-hydrogen) atoms. The molecule has 2 aromatic rings. The number of rotatable bonds is 5. The van der Waals surface area contributed by atoms with Crippen molar-refractivity contribution in [2.24, 2.45) is 11.7 Å². The molecule has 2 heterocycles. The Morgan fingerprint density at radius 1 is 1.40 bits per heavy atom. The van der Waals surface area contributed by atoms with Crippen molar-refractivity contribution in [3.63, 3.8) is 0 Å². The minimum Gasteiger partial charge on any atom is -0.423 e. The van der Waals surface area contributed by atoms with Crippen LogP contribution in [0.15, 0.2) is 35.1 Å². The second-order valence-corrected chi connectivity index (χ2v) is 6.21. The minimum atomic E-state index is -0.292. The summed E-state index contributed by atoms with van der Waals surface area (Å²) in [4.78, 5) is 25.2. The first kappa shape index (κ1) is 16.9. The molecule has 1 aliphatic heterocycles. The molecule has 1 unspecified atom stereocenters. The van der Waals surface area contributed by atoms with E-state index in [9.17, 15) is 9.59 Å². The summed E-state index contributed by atoms with van der Waals surface area (Å²) in [6.45, 7) is 1.35. The molecule has 1 saturated heterocycles. The lowest BCUT2D eigenvalue weighted by Crippen LogP contribution is -2.42. The fourth-order valence-electron chi connectivity index (χ4n) is 3.06. The maximum absolute atomic E-state index is 12.5. The molecule has 1 aromatic heterocycles. The molecule has 1 aliphatic rings. The number of benzene rings is 1. The van der Waals surface area contributed by atoms with Gasteiger partial charge in [-0.25, -0.2) is 4.79 Å². The second kappa shape index (κ2) is 7.78. The van der Waals surface area contributed by atoms with Gasteiger partial charge in [-0.05, 0) is 43.4 Å². The summed E-state index contributed by atoms with van der Waals surface area (Å²) in [6.07, 6.45) is 4.31. The lowest BCUT2D eigenvalue weighted by molar-refractivity contribution is -0.118. The molecule has 3 rings (SSSR count). The van der Waals surface area contributed by atoms with Gasteiger partial charge in [-0.15, -0.1) is 10.2 Å². The van der Waals surface area contributed by atoms with Crippen LogP contribution in [0.25, 0.3) is 11.5 Å². The number of likely N-dealkylation sites (tertiary alicyclic amines) is 1. The Balaban J connectivity index is 1.60. The molecule has 0 aliphatic carbocycles. The Hall–Kier alpha value is -2.90. The SMILES string of the molecule is NC(=O)CCC1CCCN(C(=O)Nc2cccc(-c3nnco3)c2)C1. The zero-order valence-electron chi connectivity index (χ0n) is 13.9. The van der Waals surface area contributed by atoms with Gasteiger partial charge in [0.2, 0.25) is 18.2 Å². The Morgan fingerprint density at radius 2 is 2.28 bits per heavy atom. The molecule has 132 valence electrons. The molecule has 3 N–H and O–H groups in total. The number of carbonyl (C=O) groups is 2. The molecular weight excluding hydrogens is 322 g/mol. The first-order valence-electron chi connectivity index (χ1n) is 8.32. The average molecular weight is 343 g/mol. The van der Waals surface area contributed by atoms with Gasteiger partial charge in [-0.2, -0.15) is 0 Å². The van der Waals surface area contributed by atoms with E-state index in [0.717, 1.165) is 24.8 Å². The van der Waals surface area contributed by atoms with Crippen molar-refractivity contribution in [2.75, 3.05) is 18.4 Å². The van der Waals surface area contributed by atoms with Crippen LogP contribution in [-0.4, -0.2) is 40.1 Å². The number of hydrogen-bond donors (Lipinski definition) is 2. The maximum Gasteiger partial charge on any atom is 0.321 e. The Bertz CT molecular complexity index is 732. The highest BCUT2D eigenvalue weighted by Crippen LogP contribution is 2.23. The van der Waals surface area contributed by atoms with Gasteiger partial charge in [0.05, 0.1) is 0 Å². The van der Waals surface area contributed by atoms with Crippen LogP contribution in [0.2, 0.25) is 0 Å². The zero-order valence-corrected chi connectivity index (χ0v) is 13.9. The van der Waals surface area contributed by atoms with E-state index in [0.29, 0.717) is 37.0 Å². The first-order chi connectivity index (χ1) is 12.1. The molecule has 0 spiro atoms. The molecule has 3 amide bonds. The van der Waals surface area contributed by atoms with E-state index in [4.69, 9.17) is 10.2 Å². The van der Waals surface area contributed by atoms with Gasteiger partial charge >= 0.3 is 6.03 Å². The van der Waals surface area contributed by atoms with Crippen LogP contribution in [0, 0.1) is 5.92 Å². The molecule has 1 aromatic carbocycles. The summed E-state index contributed by atoms with van der Waals surface area (Å²) < 4.78 is 5.17. The lowest BCUT2D eigenvalue weighted by atomic mass is 9.93. The van der Waals surface area contributed by atoms with Crippen LogP contribution in [0.3, 0.4) is 0 Å². The van der Waals surface area contributed by atoms with E-state index < -0.39 is 0 Å². The summed E-state index contributed by atoms with van der Waals surface area (Å²) in [5.74, 6) is 0.428. The highest BCUT2D eigenvalue weighted by molar-refractivity contribution is 5.90. The lowest BCUT2D eigenvalue weighted by Gasteiger charge is -2.32. The van der Waals surface area contributed by atoms with Crippen molar-refractivity contribution >= 4 is 17.6 Å². The van der Waals surface area contributed by atoms with Gasteiger partial charge in [-0.3, -0.25) is 4.79 Å². The van der Waals surface area contributed by atoms with Crippen LogP contribution in [0.4, 0.5) is 10.5 Å². The number of urea groups is 1. The van der Waals surface area contributed by atoms with Crippen LogP contribution < -0.4 is 11.1 Å². The standard InChI is InChI=1S/C17H21N5O3/c18-15(23)7-6-12-3-2-8-22(10-12)17(24)20-14-5-1-4-13(9-14)16-21-19-11-25-16/h1,4-5,9,11-12H,2-3,6-8,10H2,(H2,18,23)(H,20,24). The van der Waals surface area contributed by atoms with Gasteiger partial charge in [-0.1, -0.05) is 6.07 Å². The predicted octanol–water partition coefficient (Wildman–Crippen LogP) is 2.25. The van der Waals surface area contributed by atoms with E-state index in [2.05, 4.69) is 15.5 Å². The molecular formula is C17H21N5O3. The quantitative estimate of drug-likeness (QED) is 0.864. The van der Waals surface area contributed by atoms with Gasteiger partial charge in [0.15, 0.2) is 0 Å². The Morgan fingerprint density at radius 3 is 3.04 bits per heavy atom. The Kier molecular flexibility index (Phi) is 5.27. The van der Waals surface area contributed by atoms with E-state index >= 15 is 0 Å². The average Bonchev–Trinajstić information content (AvgIpc) is 3.15. The largest absolute Gasteiger partial charge is 0.423 e. The fraction of sp³-hybridized carbons (Fsp3) is 0.412. The monoisotopic (exact) mass is 343 g/mol. The molecule has 8 nitrogen and oxygen atoms in total. The maximum atomic E-state index is 12.5. The Labute approximate surface area is 145 Å². The minimum absolute atomic E-state index is 0.147. The zero-order chi connectivity index (χ0) is 17.6. The van der Waals surface area contributed by atoms with E-state index in [1.165, 1.54) is 6.39 Å². The molecule has 1 fully saturated rings. The number of nitrogens with zero attached hydrogens (tertiary/aromatic N) is 3. The van der Waals surface area contributed by atoms with Crippen LogP contribution in [0.1, 0.15) is 25.7 Å². The van der Waals surface area contributed by atoms with Gasteiger partial charge in [0.25, 0.3) is 0 Å². The van der Waals surface area contributed by atoms with Gasteiger partial charge < -0.3 is 20.4 Å². The summed E-state index contributed by atoms with van der Waals surface area (Å²) >= 11 is 0. The summed E-state index contributed by atoms with van der Waals surface area (Å²) in [7, 11) is 0. The number of piperidine rings is 1. The van der Waals surface area contributed by atoms with Crippen molar-refractivity contribution in [1.82, 2.24) is 15.1 Å². The number of hydrogen-bond acceptors (Lipinski definition) is 5.